The molecule has 1 aromatic rings. The number of hydrogen-bond acceptors (Lipinski definition) is 1. The van der Waals surface area contributed by atoms with Gasteiger partial charge in [-0.05, 0) is 37.4 Å². The molecular formula is C16H25ClFN. The maximum Gasteiger partial charge on any atom is 0.129 e. The molecule has 0 saturated heterocycles. The van der Waals surface area contributed by atoms with Gasteiger partial charge in [-0.3, -0.25) is 0 Å². The minimum Gasteiger partial charge on any atom is -0.310 e. The Bertz CT molecular complexity index is 361. The van der Waals surface area contributed by atoms with Crippen LogP contribution in [0.25, 0.3) is 0 Å². The van der Waals surface area contributed by atoms with Crippen LogP contribution < -0.4 is 5.32 Å². The third-order valence-corrected chi connectivity index (χ3v) is 3.74. The fourth-order valence-corrected chi connectivity index (χ4v) is 2.77. The van der Waals surface area contributed by atoms with Crippen LogP contribution in [-0.4, -0.2) is 6.54 Å². The Morgan fingerprint density at radius 1 is 1.26 bits per heavy atom. The average Bonchev–Trinajstić information content (AvgIpc) is 2.35. The van der Waals surface area contributed by atoms with Crippen LogP contribution in [0.3, 0.4) is 0 Å². The van der Waals surface area contributed by atoms with Gasteiger partial charge in [-0.25, -0.2) is 4.39 Å². The summed E-state index contributed by atoms with van der Waals surface area (Å²) in [5.41, 5.74) is 0.626. The minimum atomic E-state index is -0.204. The molecule has 0 radical (unpaired) electrons. The lowest BCUT2D eigenvalue weighted by molar-refractivity contribution is 0.381. The maximum atomic E-state index is 14.0. The van der Waals surface area contributed by atoms with Crippen molar-refractivity contribution in [1.82, 2.24) is 5.32 Å². The number of benzene rings is 1. The van der Waals surface area contributed by atoms with Crippen LogP contribution in [0.5, 0.6) is 0 Å². The molecule has 0 saturated carbocycles. The predicted octanol–water partition coefficient (Wildman–Crippen LogP) is 5.35. The second-order valence-corrected chi connectivity index (χ2v) is 5.68. The van der Waals surface area contributed by atoms with Crippen LogP contribution in [0.2, 0.25) is 5.02 Å². The van der Waals surface area contributed by atoms with Crippen molar-refractivity contribution >= 4 is 11.6 Å². The quantitative estimate of drug-likeness (QED) is 0.679. The summed E-state index contributed by atoms with van der Waals surface area (Å²) in [7, 11) is 0. The van der Waals surface area contributed by atoms with Crippen molar-refractivity contribution in [3.8, 4) is 0 Å². The molecule has 2 unspecified atom stereocenters. The molecule has 1 nitrogen and oxygen atoms in total. The summed E-state index contributed by atoms with van der Waals surface area (Å²) in [5, 5.41) is 3.96. The lowest BCUT2D eigenvalue weighted by Crippen LogP contribution is -2.25. The summed E-state index contributed by atoms with van der Waals surface area (Å²) in [6.07, 6.45) is 4.28. The van der Waals surface area contributed by atoms with Gasteiger partial charge in [-0.15, -0.1) is 0 Å². The van der Waals surface area contributed by atoms with E-state index in [1.165, 1.54) is 6.07 Å². The van der Waals surface area contributed by atoms with E-state index >= 15 is 0 Å². The van der Waals surface area contributed by atoms with E-state index in [0.717, 1.165) is 32.2 Å². The molecule has 0 aliphatic heterocycles. The first-order valence-electron chi connectivity index (χ1n) is 7.27. The molecule has 0 bridgehead atoms. The lowest BCUT2D eigenvalue weighted by atomic mass is 9.92. The first-order valence-corrected chi connectivity index (χ1v) is 7.65. The molecule has 2 atom stereocenters. The molecule has 0 spiro atoms. The monoisotopic (exact) mass is 285 g/mol. The Morgan fingerprint density at radius 2 is 2.00 bits per heavy atom. The highest BCUT2D eigenvalue weighted by molar-refractivity contribution is 6.31. The SMILES string of the molecule is CCCNC(CC(C)CCC)c1c(F)cccc1Cl. The van der Waals surface area contributed by atoms with Gasteiger partial charge in [-0.2, -0.15) is 0 Å². The molecule has 1 aromatic carbocycles. The largest absolute Gasteiger partial charge is 0.310 e. The van der Waals surface area contributed by atoms with Crippen molar-refractivity contribution in [1.29, 1.82) is 0 Å². The van der Waals surface area contributed by atoms with Gasteiger partial charge in [0.1, 0.15) is 5.82 Å². The van der Waals surface area contributed by atoms with E-state index < -0.39 is 0 Å². The molecule has 0 aromatic heterocycles. The van der Waals surface area contributed by atoms with Gasteiger partial charge >= 0.3 is 0 Å². The fourth-order valence-electron chi connectivity index (χ4n) is 2.48. The van der Waals surface area contributed by atoms with Crippen LogP contribution in [-0.2, 0) is 0 Å². The Hall–Kier alpha value is -0.600. The number of rotatable bonds is 8. The summed E-state index contributed by atoms with van der Waals surface area (Å²) in [6, 6.07) is 4.93. The number of nitrogens with one attached hydrogen (secondary N) is 1. The third kappa shape index (κ3) is 5.12. The Balaban J connectivity index is 2.89. The van der Waals surface area contributed by atoms with E-state index in [9.17, 15) is 4.39 Å². The summed E-state index contributed by atoms with van der Waals surface area (Å²) >= 11 is 6.18. The first-order chi connectivity index (χ1) is 9.10. The van der Waals surface area contributed by atoms with Crippen LogP contribution >= 0.6 is 11.6 Å². The van der Waals surface area contributed by atoms with E-state index in [2.05, 4.69) is 26.1 Å². The van der Waals surface area contributed by atoms with E-state index in [0.29, 0.717) is 16.5 Å². The van der Waals surface area contributed by atoms with Gasteiger partial charge in [0.05, 0.1) is 0 Å². The summed E-state index contributed by atoms with van der Waals surface area (Å²) < 4.78 is 14.0. The molecule has 0 amide bonds. The van der Waals surface area contributed by atoms with Crippen molar-refractivity contribution in [2.45, 2.75) is 52.5 Å². The van der Waals surface area contributed by atoms with Crippen molar-refractivity contribution in [3.05, 3.63) is 34.6 Å². The molecule has 3 heteroatoms. The van der Waals surface area contributed by atoms with E-state index in [4.69, 9.17) is 11.6 Å². The molecular weight excluding hydrogens is 261 g/mol. The normalized spacial score (nSPS) is 14.4. The molecule has 0 heterocycles. The van der Waals surface area contributed by atoms with Crippen LogP contribution in [0, 0.1) is 11.7 Å². The highest BCUT2D eigenvalue weighted by atomic mass is 35.5. The Kier molecular flexibility index (Phi) is 7.40. The average molecular weight is 286 g/mol. The second kappa shape index (κ2) is 8.55. The molecule has 19 heavy (non-hydrogen) atoms. The third-order valence-electron chi connectivity index (χ3n) is 3.41. The highest BCUT2D eigenvalue weighted by Crippen LogP contribution is 2.31. The van der Waals surface area contributed by atoms with E-state index in [-0.39, 0.29) is 11.9 Å². The van der Waals surface area contributed by atoms with Crippen molar-refractivity contribution < 1.29 is 4.39 Å². The van der Waals surface area contributed by atoms with Gasteiger partial charge in [0.25, 0.3) is 0 Å². The molecule has 1 N–H and O–H groups in total. The van der Waals surface area contributed by atoms with E-state index in [1.807, 2.05) is 0 Å². The second-order valence-electron chi connectivity index (χ2n) is 5.27. The van der Waals surface area contributed by atoms with Crippen LogP contribution in [0.4, 0.5) is 4.39 Å². The fraction of sp³-hybridized carbons (Fsp3) is 0.625. The molecule has 0 aliphatic rings. The summed E-state index contributed by atoms with van der Waals surface area (Å²) in [6.45, 7) is 7.40. The minimum absolute atomic E-state index is 0.00944. The molecule has 0 fully saturated rings. The lowest BCUT2D eigenvalue weighted by Gasteiger charge is -2.24. The maximum absolute atomic E-state index is 14.0. The zero-order valence-corrected chi connectivity index (χ0v) is 12.9. The van der Waals surface area contributed by atoms with Crippen LogP contribution in [0.1, 0.15) is 58.1 Å². The Labute approximate surface area is 121 Å². The topological polar surface area (TPSA) is 12.0 Å². The zero-order valence-electron chi connectivity index (χ0n) is 12.2. The van der Waals surface area contributed by atoms with E-state index in [1.54, 1.807) is 12.1 Å². The number of hydrogen-bond donors (Lipinski definition) is 1. The smallest absolute Gasteiger partial charge is 0.129 e. The van der Waals surface area contributed by atoms with Crippen molar-refractivity contribution in [2.75, 3.05) is 6.54 Å². The Morgan fingerprint density at radius 3 is 2.58 bits per heavy atom. The first kappa shape index (κ1) is 16.5. The summed E-state index contributed by atoms with van der Waals surface area (Å²) in [5.74, 6) is 0.361. The molecule has 0 aliphatic carbocycles. The highest BCUT2D eigenvalue weighted by Gasteiger charge is 2.20. The van der Waals surface area contributed by atoms with Gasteiger partial charge in [-0.1, -0.05) is 51.3 Å². The molecule has 1 rings (SSSR count). The van der Waals surface area contributed by atoms with Crippen molar-refractivity contribution in [3.63, 3.8) is 0 Å². The molecule has 108 valence electrons. The van der Waals surface area contributed by atoms with Gasteiger partial charge in [0, 0.05) is 16.6 Å². The summed E-state index contributed by atoms with van der Waals surface area (Å²) in [4.78, 5) is 0. The van der Waals surface area contributed by atoms with Gasteiger partial charge in [0.2, 0.25) is 0 Å². The van der Waals surface area contributed by atoms with Crippen LogP contribution in [0.15, 0.2) is 18.2 Å². The standard InChI is InChI=1S/C16H25ClFN/c1-4-7-12(3)11-15(19-10-5-2)16-13(17)8-6-9-14(16)18/h6,8-9,12,15,19H,4-5,7,10-11H2,1-3H3. The predicted molar refractivity (Wildman–Crippen MR) is 81.1 cm³/mol. The van der Waals surface area contributed by atoms with Gasteiger partial charge in [0.15, 0.2) is 0 Å². The zero-order chi connectivity index (χ0) is 14.3. The van der Waals surface area contributed by atoms with Crippen molar-refractivity contribution in [2.24, 2.45) is 5.92 Å². The van der Waals surface area contributed by atoms with Gasteiger partial charge < -0.3 is 5.32 Å². The number of halogens is 2.